The minimum Gasteiger partial charge on any atom is -0.493 e. The van der Waals surface area contributed by atoms with E-state index in [0.717, 1.165) is 54.4 Å². The van der Waals surface area contributed by atoms with Crippen molar-refractivity contribution in [3.63, 3.8) is 0 Å². The van der Waals surface area contributed by atoms with Gasteiger partial charge >= 0.3 is 5.97 Å². The Morgan fingerprint density at radius 2 is 1.69 bits per heavy atom. The van der Waals surface area contributed by atoms with Gasteiger partial charge in [-0.3, -0.25) is 9.59 Å². The molecule has 0 radical (unpaired) electrons. The van der Waals surface area contributed by atoms with Gasteiger partial charge in [0.15, 0.2) is 17.3 Å². The molecule has 0 atom stereocenters. The van der Waals surface area contributed by atoms with Crippen molar-refractivity contribution in [3.05, 3.63) is 41.5 Å². The number of fused-ring (bicyclic) bond motifs is 1. The minimum atomic E-state index is -0.130. The monoisotopic (exact) mass is 438 g/mol. The highest BCUT2D eigenvalue weighted by molar-refractivity contribution is 6.01. The molecule has 0 unspecified atom stereocenters. The average molecular weight is 439 g/mol. The molecule has 2 aliphatic rings. The van der Waals surface area contributed by atoms with E-state index >= 15 is 0 Å². The van der Waals surface area contributed by atoms with Crippen LogP contribution in [0.1, 0.15) is 54.4 Å². The Kier molecular flexibility index (Phi) is 6.98. The van der Waals surface area contributed by atoms with Gasteiger partial charge < -0.3 is 18.9 Å². The fourth-order valence-electron chi connectivity index (χ4n) is 4.63. The minimum absolute atomic E-state index is 0.0137. The van der Waals surface area contributed by atoms with Crippen molar-refractivity contribution in [1.82, 2.24) is 0 Å². The fraction of sp³-hybridized carbons (Fsp3) is 0.462. The van der Waals surface area contributed by atoms with Crippen molar-refractivity contribution in [3.8, 4) is 28.4 Å². The molecule has 0 spiro atoms. The number of hydrogen-bond donors (Lipinski definition) is 0. The van der Waals surface area contributed by atoms with Crippen molar-refractivity contribution in [2.45, 2.75) is 44.9 Å². The zero-order valence-corrected chi connectivity index (χ0v) is 18.8. The highest BCUT2D eigenvalue weighted by Gasteiger charge is 2.24. The lowest BCUT2D eigenvalue weighted by Gasteiger charge is -2.21. The second-order valence-corrected chi connectivity index (χ2v) is 8.32. The third-order valence-electron chi connectivity index (χ3n) is 6.35. The molecule has 1 fully saturated rings. The Balaban J connectivity index is 1.52. The maximum atomic E-state index is 12.3. The molecule has 170 valence electrons. The van der Waals surface area contributed by atoms with E-state index in [9.17, 15) is 9.59 Å². The molecule has 4 rings (SSSR count). The molecule has 2 aromatic rings. The van der Waals surface area contributed by atoms with E-state index in [1.54, 1.807) is 14.2 Å². The molecule has 0 N–H and O–H groups in total. The molecule has 0 aliphatic heterocycles. The number of carbonyl (C=O) groups is 2. The number of methoxy groups -OCH3 is 2. The molecule has 0 bridgehead atoms. The standard InChI is InChI=1S/C26H30O6/c1-29-23-13-11-21(19-8-10-20-18(16-19)9-12-22(20)27)24(25(23)30-2)31-14-15-32-26(28)17-6-4-3-5-7-17/h8,10-11,13,16-17H,3-7,9,12,14-15H2,1-2H3. The summed E-state index contributed by atoms with van der Waals surface area (Å²) in [6.07, 6.45) is 6.51. The molecule has 0 aromatic heterocycles. The van der Waals surface area contributed by atoms with Crippen LogP contribution in [0.25, 0.3) is 11.1 Å². The fourth-order valence-corrected chi connectivity index (χ4v) is 4.63. The Morgan fingerprint density at radius 1 is 0.906 bits per heavy atom. The second-order valence-electron chi connectivity index (χ2n) is 8.32. The highest BCUT2D eigenvalue weighted by atomic mass is 16.6. The summed E-state index contributed by atoms with van der Waals surface area (Å²) in [5.74, 6) is 1.65. The van der Waals surface area contributed by atoms with Crippen LogP contribution >= 0.6 is 0 Å². The predicted molar refractivity (Wildman–Crippen MR) is 121 cm³/mol. The van der Waals surface area contributed by atoms with E-state index in [0.29, 0.717) is 23.7 Å². The summed E-state index contributed by atoms with van der Waals surface area (Å²) in [6.45, 7) is 0.381. The molecule has 32 heavy (non-hydrogen) atoms. The van der Waals surface area contributed by atoms with E-state index in [2.05, 4.69) is 0 Å². The number of rotatable bonds is 8. The molecule has 2 aliphatic carbocycles. The van der Waals surface area contributed by atoms with Crippen molar-refractivity contribution in [2.24, 2.45) is 5.92 Å². The van der Waals surface area contributed by atoms with Crippen LogP contribution in [0.2, 0.25) is 0 Å². The summed E-state index contributed by atoms with van der Waals surface area (Å²) in [4.78, 5) is 24.3. The summed E-state index contributed by atoms with van der Waals surface area (Å²) in [6, 6.07) is 9.61. The summed E-state index contributed by atoms with van der Waals surface area (Å²) in [7, 11) is 3.15. The van der Waals surface area contributed by atoms with Gasteiger partial charge in [-0.15, -0.1) is 0 Å². The molecular formula is C26H30O6. The molecule has 1 saturated carbocycles. The van der Waals surface area contributed by atoms with E-state index in [4.69, 9.17) is 18.9 Å². The first-order valence-corrected chi connectivity index (χ1v) is 11.3. The van der Waals surface area contributed by atoms with Gasteiger partial charge in [0, 0.05) is 17.5 Å². The number of ketones is 1. The third kappa shape index (κ3) is 4.59. The normalized spacial score (nSPS) is 15.9. The molecule has 6 nitrogen and oxygen atoms in total. The SMILES string of the molecule is COc1ccc(-c2ccc3c(c2)CCC3=O)c(OCCOC(=O)C2CCCCC2)c1OC. The number of benzene rings is 2. The lowest BCUT2D eigenvalue weighted by atomic mass is 9.89. The first-order valence-electron chi connectivity index (χ1n) is 11.3. The lowest BCUT2D eigenvalue weighted by molar-refractivity contribution is -0.150. The first-order chi connectivity index (χ1) is 15.6. The van der Waals surface area contributed by atoms with Gasteiger partial charge in [0.25, 0.3) is 0 Å². The predicted octanol–water partition coefficient (Wildman–Crippen LogP) is 5.00. The summed E-state index contributed by atoms with van der Waals surface area (Å²) in [5, 5.41) is 0. The van der Waals surface area contributed by atoms with Gasteiger partial charge in [-0.1, -0.05) is 37.5 Å². The van der Waals surface area contributed by atoms with Gasteiger partial charge in [0.05, 0.1) is 20.1 Å². The Labute approximate surface area is 188 Å². The maximum Gasteiger partial charge on any atom is 0.309 e. The summed E-state index contributed by atoms with van der Waals surface area (Å²) in [5.41, 5.74) is 3.62. The zero-order valence-electron chi connectivity index (χ0n) is 18.8. The van der Waals surface area contributed by atoms with Gasteiger partial charge in [-0.25, -0.2) is 0 Å². The first kappa shape index (κ1) is 22.2. The zero-order chi connectivity index (χ0) is 22.5. The number of Topliss-reactive ketones (excluding diaryl/α,β-unsaturated/α-hetero) is 1. The van der Waals surface area contributed by atoms with Crippen LogP contribution in [0, 0.1) is 5.92 Å². The average Bonchev–Trinajstić information content (AvgIpc) is 3.21. The second kappa shape index (κ2) is 10.1. The number of ether oxygens (including phenoxy) is 4. The topological polar surface area (TPSA) is 71.1 Å². The Bertz CT molecular complexity index is 990. The Morgan fingerprint density at radius 3 is 2.44 bits per heavy atom. The van der Waals surface area contributed by atoms with Gasteiger partial charge in [-0.2, -0.15) is 0 Å². The van der Waals surface area contributed by atoms with Crippen LogP contribution in [-0.2, 0) is 16.0 Å². The van der Waals surface area contributed by atoms with Gasteiger partial charge in [0.1, 0.15) is 13.2 Å². The molecule has 6 heteroatoms. The van der Waals surface area contributed by atoms with Crippen LogP contribution in [0.5, 0.6) is 17.2 Å². The van der Waals surface area contributed by atoms with Gasteiger partial charge in [0.2, 0.25) is 5.75 Å². The van der Waals surface area contributed by atoms with Crippen LogP contribution in [0.3, 0.4) is 0 Å². The molecular weight excluding hydrogens is 408 g/mol. The summed E-state index contributed by atoms with van der Waals surface area (Å²) >= 11 is 0. The number of carbonyl (C=O) groups excluding carboxylic acids is 2. The van der Waals surface area contributed by atoms with Crippen LogP contribution in [0.15, 0.2) is 30.3 Å². The highest BCUT2D eigenvalue weighted by Crippen LogP contribution is 2.45. The van der Waals surface area contributed by atoms with Gasteiger partial charge in [-0.05, 0) is 42.5 Å². The molecule has 0 heterocycles. The van der Waals surface area contributed by atoms with Crippen molar-refractivity contribution >= 4 is 11.8 Å². The van der Waals surface area contributed by atoms with Crippen LogP contribution in [0.4, 0.5) is 0 Å². The maximum absolute atomic E-state index is 12.3. The van der Waals surface area contributed by atoms with Crippen LogP contribution < -0.4 is 14.2 Å². The van der Waals surface area contributed by atoms with Crippen molar-refractivity contribution in [1.29, 1.82) is 0 Å². The van der Waals surface area contributed by atoms with Crippen molar-refractivity contribution < 1.29 is 28.5 Å². The summed E-state index contributed by atoms with van der Waals surface area (Å²) < 4.78 is 22.6. The number of aryl methyl sites for hydroxylation is 1. The molecule has 0 amide bonds. The lowest BCUT2D eigenvalue weighted by Crippen LogP contribution is -2.22. The van der Waals surface area contributed by atoms with E-state index in [-0.39, 0.29) is 30.9 Å². The molecule has 2 aromatic carbocycles. The van der Waals surface area contributed by atoms with E-state index in [1.807, 2.05) is 30.3 Å². The molecule has 0 saturated heterocycles. The van der Waals surface area contributed by atoms with E-state index < -0.39 is 0 Å². The third-order valence-corrected chi connectivity index (χ3v) is 6.35. The number of hydrogen-bond acceptors (Lipinski definition) is 6. The van der Waals surface area contributed by atoms with Crippen molar-refractivity contribution in [2.75, 3.05) is 27.4 Å². The van der Waals surface area contributed by atoms with Crippen LogP contribution in [-0.4, -0.2) is 39.2 Å². The number of esters is 1. The Hall–Kier alpha value is -3.02. The smallest absolute Gasteiger partial charge is 0.309 e. The largest absolute Gasteiger partial charge is 0.493 e. The van der Waals surface area contributed by atoms with E-state index in [1.165, 1.54) is 6.42 Å². The quantitative estimate of drug-likeness (QED) is 0.427.